The van der Waals surface area contributed by atoms with E-state index in [9.17, 15) is 42.1 Å². The summed E-state index contributed by atoms with van der Waals surface area (Å²) < 4.78 is 0. The second-order valence-electron chi connectivity index (χ2n) is 19.4. The molecule has 12 aromatic rings. The van der Waals surface area contributed by atoms with Crippen molar-refractivity contribution in [1.82, 2.24) is 0 Å². The zero-order valence-electron chi connectivity index (χ0n) is 40.7. The first kappa shape index (κ1) is 44.6. The van der Waals surface area contributed by atoms with Gasteiger partial charge in [0.05, 0.1) is 93.1 Å². The third kappa shape index (κ3) is 5.95. The van der Waals surface area contributed by atoms with Gasteiger partial charge in [-0.15, -0.1) is 0 Å². The summed E-state index contributed by atoms with van der Waals surface area (Å²) in [5.41, 5.74) is 15.0. The van der Waals surface area contributed by atoms with Crippen LogP contribution < -0.4 is 0 Å². The van der Waals surface area contributed by atoms with Gasteiger partial charge in [-0.2, -0.15) is 42.1 Å². The minimum absolute atomic E-state index is 0.287. The standard InChI is InChI=1S/C70H28N8/c71-29-37-13-17-47(43(25-37)33-75)61-57-23-21-52-51(63(57)65(49-19-15-39(31-73)27-45(49)35-77)69-55-11-3-7-41-5-1-9-53(59(41)55)67(61)69)22-24-58-62(48-18-14-38(30-72)26-44(48)34-76)68-54-10-2-6-42-8-4-12-56(60(42)54)70(68)66(64(52)58)50-20-16-40(32-74)28-46(50)36-78/h1-28H. The van der Waals surface area contributed by atoms with Crippen molar-refractivity contribution in [2.45, 2.75) is 0 Å². The van der Waals surface area contributed by atoms with Gasteiger partial charge in [-0.3, -0.25) is 0 Å². The summed E-state index contributed by atoms with van der Waals surface area (Å²) >= 11 is 0. The lowest BCUT2D eigenvalue weighted by atomic mass is 9.76. The fourth-order valence-corrected chi connectivity index (χ4v) is 12.8. The van der Waals surface area contributed by atoms with Crippen molar-refractivity contribution in [3.63, 3.8) is 0 Å². The molecule has 0 aliphatic heterocycles. The summed E-state index contributed by atoms with van der Waals surface area (Å²) in [4.78, 5) is 0. The molecule has 0 unspecified atom stereocenters. The molecule has 8 heteroatoms. The van der Waals surface area contributed by atoms with Crippen LogP contribution in [-0.4, -0.2) is 0 Å². The van der Waals surface area contributed by atoms with Gasteiger partial charge >= 0.3 is 0 Å². The number of rotatable bonds is 4. The summed E-state index contributed by atoms with van der Waals surface area (Å²) in [7, 11) is 0. The van der Waals surface area contributed by atoms with Gasteiger partial charge in [0, 0.05) is 22.3 Å². The summed E-state index contributed by atoms with van der Waals surface area (Å²) in [6.45, 7) is 0. The molecule has 0 aromatic heterocycles. The van der Waals surface area contributed by atoms with Crippen molar-refractivity contribution in [1.29, 1.82) is 42.1 Å². The molecule has 0 heterocycles. The maximum absolute atomic E-state index is 11.1. The van der Waals surface area contributed by atoms with Crippen LogP contribution in [0.15, 0.2) is 170 Å². The lowest BCUT2D eigenvalue weighted by molar-refractivity contribution is 1.44. The Bertz CT molecular complexity index is 4910. The van der Waals surface area contributed by atoms with E-state index >= 15 is 0 Å². The van der Waals surface area contributed by atoms with Crippen LogP contribution in [0.2, 0.25) is 0 Å². The van der Waals surface area contributed by atoms with Crippen LogP contribution in [0.1, 0.15) is 44.5 Å². The highest BCUT2D eigenvalue weighted by molar-refractivity contribution is 6.37. The van der Waals surface area contributed by atoms with Crippen LogP contribution in [0.25, 0.3) is 143 Å². The molecule has 8 nitrogen and oxygen atoms in total. The molecular formula is C70H28N8. The Kier molecular flexibility index (Phi) is 9.54. The molecule has 0 saturated carbocycles. The summed E-state index contributed by atoms with van der Waals surface area (Å²) in [5, 5.41) is 93.4. The number of hydrogen-bond donors (Lipinski definition) is 0. The SMILES string of the molecule is N#Cc1ccc(-c2c3c(c(-c4ccc(C#N)cc4C#N)c4c2ccc2c4ccc4c(-c5ccc(C#N)cc5C#N)c5c(c(-c6ccc(C#N)cc6C#N)c42)-c2cccc4cccc-5c24)-c2cccc4cccc-3c24)c(C#N)c1. The van der Waals surface area contributed by atoms with Gasteiger partial charge in [0.25, 0.3) is 0 Å². The van der Waals surface area contributed by atoms with Crippen molar-refractivity contribution in [3.05, 3.63) is 214 Å². The van der Waals surface area contributed by atoms with Crippen LogP contribution in [0, 0.1) is 90.6 Å². The van der Waals surface area contributed by atoms with Gasteiger partial charge in [-0.25, -0.2) is 0 Å². The molecule has 0 spiro atoms. The van der Waals surface area contributed by atoms with E-state index in [2.05, 4.69) is 121 Å². The average molecular weight is 981 g/mol. The largest absolute Gasteiger partial charge is 0.192 e. The van der Waals surface area contributed by atoms with Crippen molar-refractivity contribution in [2.75, 3.05) is 0 Å². The predicted octanol–water partition coefficient (Wildman–Crippen LogP) is 16.4. The van der Waals surface area contributed by atoms with E-state index in [0.29, 0.717) is 55.6 Å². The Morgan fingerprint density at radius 2 is 0.474 bits per heavy atom. The Hall–Kier alpha value is -12.1. The van der Waals surface area contributed by atoms with Gasteiger partial charge in [0.1, 0.15) is 0 Å². The van der Waals surface area contributed by atoms with Crippen molar-refractivity contribution in [3.8, 4) is 138 Å². The molecule has 78 heavy (non-hydrogen) atoms. The van der Waals surface area contributed by atoms with Crippen LogP contribution in [0.3, 0.4) is 0 Å². The number of benzene rings is 12. The zero-order valence-corrected chi connectivity index (χ0v) is 40.7. The maximum atomic E-state index is 11.1. The molecule has 0 radical (unpaired) electrons. The van der Waals surface area contributed by atoms with E-state index in [4.69, 9.17) is 0 Å². The fourth-order valence-electron chi connectivity index (χ4n) is 12.8. The normalized spacial score (nSPS) is 11.2. The van der Waals surface area contributed by atoms with Crippen LogP contribution in [0.4, 0.5) is 0 Å². The highest BCUT2D eigenvalue weighted by atomic mass is 14.4. The summed E-state index contributed by atoms with van der Waals surface area (Å²) in [5.74, 6) is 0. The maximum Gasteiger partial charge on any atom is 0.0998 e. The third-order valence-electron chi connectivity index (χ3n) is 15.8. The van der Waals surface area contributed by atoms with E-state index in [0.717, 1.165) is 121 Å². The van der Waals surface area contributed by atoms with Gasteiger partial charge in [-0.1, -0.05) is 121 Å². The lowest BCUT2D eigenvalue weighted by Crippen LogP contribution is -2.00. The zero-order chi connectivity index (χ0) is 53.1. The molecule has 0 bridgehead atoms. The van der Waals surface area contributed by atoms with E-state index in [1.807, 2.05) is 48.5 Å². The smallest absolute Gasteiger partial charge is 0.0998 e. The van der Waals surface area contributed by atoms with Gasteiger partial charge in [-0.05, 0) is 169 Å². The fraction of sp³-hybridized carbons (Fsp3) is 0. The predicted molar refractivity (Wildman–Crippen MR) is 302 cm³/mol. The van der Waals surface area contributed by atoms with Crippen molar-refractivity contribution in [2.24, 2.45) is 0 Å². The Labute approximate surface area is 445 Å². The van der Waals surface area contributed by atoms with Crippen molar-refractivity contribution >= 4 is 53.9 Å². The summed E-state index contributed by atoms with van der Waals surface area (Å²) in [6.07, 6.45) is 0. The number of hydrogen-bond acceptors (Lipinski definition) is 8. The molecule has 0 fully saturated rings. The van der Waals surface area contributed by atoms with Crippen molar-refractivity contribution < 1.29 is 0 Å². The minimum atomic E-state index is 0.287. The van der Waals surface area contributed by atoms with Gasteiger partial charge < -0.3 is 0 Å². The van der Waals surface area contributed by atoms with E-state index in [-0.39, 0.29) is 11.1 Å². The average Bonchev–Trinajstić information content (AvgIpc) is 4.14. The van der Waals surface area contributed by atoms with Gasteiger partial charge in [0.2, 0.25) is 0 Å². The number of nitriles is 8. The Balaban J connectivity index is 1.29. The molecule has 2 aliphatic rings. The molecule has 0 atom stereocenters. The molecule has 348 valence electrons. The highest BCUT2D eigenvalue weighted by Gasteiger charge is 2.36. The third-order valence-corrected chi connectivity index (χ3v) is 15.8. The molecule has 0 saturated heterocycles. The number of fused-ring (bicyclic) bond motifs is 11. The monoisotopic (exact) mass is 980 g/mol. The lowest BCUT2D eigenvalue weighted by Gasteiger charge is -2.25. The highest BCUT2D eigenvalue weighted by Crippen LogP contribution is 2.62. The number of nitrogens with zero attached hydrogens (tertiary/aromatic N) is 8. The molecule has 2 aliphatic carbocycles. The van der Waals surface area contributed by atoms with E-state index in [1.165, 1.54) is 0 Å². The van der Waals surface area contributed by atoms with E-state index < -0.39 is 0 Å². The molecular weight excluding hydrogens is 953 g/mol. The van der Waals surface area contributed by atoms with Crippen LogP contribution in [-0.2, 0) is 0 Å². The molecule has 0 N–H and O–H groups in total. The van der Waals surface area contributed by atoms with Gasteiger partial charge in [0.15, 0.2) is 0 Å². The molecule has 0 amide bonds. The first-order valence-corrected chi connectivity index (χ1v) is 24.8. The topological polar surface area (TPSA) is 190 Å². The quantitative estimate of drug-likeness (QED) is 0.156. The summed E-state index contributed by atoms with van der Waals surface area (Å²) in [6, 6.07) is 72.3. The first-order chi connectivity index (χ1) is 38.4. The molecule has 14 rings (SSSR count). The Morgan fingerprint density at radius 1 is 0.205 bits per heavy atom. The van der Waals surface area contributed by atoms with E-state index in [1.54, 1.807) is 48.5 Å². The minimum Gasteiger partial charge on any atom is -0.192 e. The Morgan fingerprint density at radius 3 is 0.756 bits per heavy atom. The first-order valence-electron chi connectivity index (χ1n) is 24.8. The second kappa shape index (κ2) is 16.7. The molecule has 12 aromatic carbocycles. The van der Waals surface area contributed by atoms with Crippen LogP contribution in [0.5, 0.6) is 0 Å². The van der Waals surface area contributed by atoms with Crippen LogP contribution >= 0.6 is 0 Å². The second-order valence-corrected chi connectivity index (χ2v) is 19.4.